The number of allylic oxidation sites excluding steroid dienone is 2. The average Bonchev–Trinajstić information content (AvgIpc) is 3.71. The summed E-state index contributed by atoms with van der Waals surface area (Å²) in [5, 5.41) is 0. The van der Waals surface area contributed by atoms with Crippen molar-refractivity contribution in [3.05, 3.63) is 105 Å². The van der Waals surface area contributed by atoms with Crippen LogP contribution in [0.3, 0.4) is 0 Å². The van der Waals surface area contributed by atoms with Crippen LogP contribution in [0.4, 0.5) is 0 Å². The van der Waals surface area contributed by atoms with Crippen molar-refractivity contribution in [1.82, 2.24) is 9.80 Å². The van der Waals surface area contributed by atoms with Crippen LogP contribution in [0.25, 0.3) is 0 Å². The zero-order chi connectivity index (χ0) is 41.7. The summed E-state index contributed by atoms with van der Waals surface area (Å²) >= 11 is 0. The first-order valence-electron chi connectivity index (χ1n) is 25.3. The Hall–Kier alpha value is -3.68. The van der Waals surface area contributed by atoms with Gasteiger partial charge in [0, 0.05) is 54.8 Å². The van der Waals surface area contributed by atoms with Crippen molar-refractivity contribution in [3.8, 4) is 0 Å². The fraction of sp³-hybridized carbons (Fsp3) is 0.636. The fourth-order valence-electron chi connectivity index (χ4n) is 17.9. The van der Waals surface area contributed by atoms with E-state index in [0.29, 0.717) is 54.1 Å². The minimum atomic E-state index is -0.964. The minimum Gasteiger partial charge on any atom is -0.449 e. The minimum absolute atomic E-state index is 0.0382. The van der Waals surface area contributed by atoms with Crippen LogP contribution in [0.5, 0.6) is 0 Å². The van der Waals surface area contributed by atoms with Crippen molar-refractivity contribution in [1.29, 1.82) is 0 Å². The third-order valence-electron chi connectivity index (χ3n) is 19.7. The van der Waals surface area contributed by atoms with Crippen LogP contribution < -0.4 is 5.73 Å². The fourth-order valence-corrected chi connectivity index (χ4v) is 17.9. The van der Waals surface area contributed by atoms with Crippen LogP contribution in [-0.2, 0) is 39.1 Å². The molecule has 5 aliphatic carbocycles. The number of carbonyl (C=O) groups excluding carboxylic acids is 2. The predicted octanol–water partition coefficient (Wildman–Crippen LogP) is 9.58. The van der Waals surface area contributed by atoms with Crippen molar-refractivity contribution < 1.29 is 19.1 Å². The number of piperidine rings is 2. The second-order valence-corrected chi connectivity index (χ2v) is 22.3. The largest absolute Gasteiger partial charge is 0.449 e. The van der Waals surface area contributed by atoms with Gasteiger partial charge in [-0.25, -0.2) is 4.79 Å². The number of aryl methyl sites for hydroxylation is 2. The van der Waals surface area contributed by atoms with E-state index in [4.69, 9.17) is 15.2 Å². The molecule has 0 amide bonds. The average molecular weight is 834 g/mol. The van der Waals surface area contributed by atoms with Gasteiger partial charge in [-0.05, 0) is 155 Å². The Morgan fingerprint density at radius 3 is 2.71 bits per heavy atom. The molecule has 0 radical (unpaired) electrons. The Bertz CT molecular complexity index is 2360. The lowest BCUT2D eigenvalue weighted by atomic mass is 9.28. The standard InChI is InChI=1S/C55H67N3O4/c1-3-9-40-18-20-46-53-22-21-41-43-28-38(47-32(2)24-37-17-19-44-39-27-35(29-57(40)31-39)30-58(44)50(37)49(41)47)26-34-12-6-11-33(25-34)10-4-5-16-45(54(43,53)52(60)61-46)55(53)42-15-7-13-36(14-8-23-56)48(42)51(59)62-55/h6-7,11-13,15,20,25,32,35,38-40,44-45,47,49H,3-5,8-10,14,16-19,21-24,26-31,56H2,1-2H3/t32-,35+,38+,39-,40+,44+,45+,47-,49+,53-,54+,55-/m1/s1. The van der Waals surface area contributed by atoms with E-state index in [-0.39, 0.29) is 17.9 Å². The molecule has 7 heteroatoms. The van der Waals surface area contributed by atoms with Crippen LogP contribution in [0, 0.1) is 52.3 Å². The molecule has 62 heavy (non-hydrogen) atoms. The van der Waals surface area contributed by atoms with Gasteiger partial charge in [0.25, 0.3) is 0 Å². The predicted molar refractivity (Wildman–Crippen MR) is 240 cm³/mol. The van der Waals surface area contributed by atoms with E-state index >= 15 is 4.79 Å². The molecule has 2 aromatic carbocycles. The van der Waals surface area contributed by atoms with Gasteiger partial charge >= 0.3 is 11.9 Å². The number of ether oxygens (including phenoxy) is 2. The molecule has 2 aromatic rings. The highest BCUT2D eigenvalue weighted by Gasteiger charge is 2.92. The summed E-state index contributed by atoms with van der Waals surface area (Å²) in [4.78, 5) is 36.8. The monoisotopic (exact) mass is 834 g/mol. The van der Waals surface area contributed by atoms with Gasteiger partial charge in [0.15, 0.2) is 5.60 Å². The molecule has 15 bridgehead atoms. The molecule has 13 atom stereocenters. The maximum absolute atomic E-state index is 16.0. The Kier molecular flexibility index (Phi) is 8.69. The van der Waals surface area contributed by atoms with Gasteiger partial charge in [-0.2, -0.15) is 0 Å². The number of nitrogens with zero attached hydrogens (tertiary/aromatic N) is 2. The number of rotatable bonds is 5. The van der Waals surface area contributed by atoms with Gasteiger partial charge in [-0.1, -0.05) is 85.9 Å². The third-order valence-corrected chi connectivity index (χ3v) is 19.7. The number of nitrogens with two attached hydrogens (primary N) is 1. The highest BCUT2D eigenvalue weighted by molar-refractivity contribution is 6.00. The van der Waals surface area contributed by atoms with Crippen LogP contribution in [0.1, 0.15) is 136 Å². The smallest absolute Gasteiger partial charge is 0.339 e. The number of hydrogen-bond donors (Lipinski definition) is 1. The van der Waals surface area contributed by atoms with Gasteiger partial charge in [0.1, 0.15) is 11.2 Å². The number of fused-ring (bicyclic) bond motifs is 7. The van der Waals surface area contributed by atoms with Gasteiger partial charge in [-0.15, -0.1) is 0 Å². The first-order chi connectivity index (χ1) is 30.3. The zero-order valence-corrected chi connectivity index (χ0v) is 37.3. The summed E-state index contributed by atoms with van der Waals surface area (Å²) in [6.45, 7) is 9.01. The zero-order valence-electron chi connectivity index (χ0n) is 37.3. The Morgan fingerprint density at radius 2 is 1.82 bits per heavy atom. The first kappa shape index (κ1) is 38.8. The molecule has 4 fully saturated rings. The third kappa shape index (κ3) is 4.81. The lowest BCUT2D eigenvalue weighted by molar-refractivity contribution is -0.278. The molecule has 14 aliphatic rings. The van der Waals surface area contributed by atoms with Crippen molar-refractivity contribution in [2.24, 2.45) is 58.0 Å². The van der Waals surface area contributed by atoms with Crippen LogP contribution in [0.15, 0.2) is 76.7 Å². The molecule has 2 N–H and O–H groups in total. The molecule has 326 valence electrons. The second-order valence-electron chi connectivity index (χ2n) is 22.3. The molecule has 1 unspecified atom stereocenters. The van der Waals surface area contributed by atoms with E-state index in [2.05, 4.69) is 72.2 Å². The van der Waals surface area contributed by atoms with Crippen molar-refractivity contribution in [2.75, 3.05) is 26.2 Å². The number of benzene rings is 2. The normalized spacial score (nSPS) is 41.9. The molecular formula is C55H67N3O4. The van der Waals surface area contributed by atoms with Crippen molar-refractivity contribution in [2.45, 2.75) is 141 Å². The molecule has 1 saturated carbocycles. The highest BCUT2D eigenvalue weighted by atomic mass is 16.6. The van der Waals surface area contributed by atoms with E-state index in [9.17, 15) is 4.79 Å². The summed E-state index contributed by atoms with van der Waals surface area (Å²) in [5.74, 6) is 3.62. The Morgan fingerprint density at radius 1 is 0.935 bits per heavy atom. The Labute approximate surface area is 368 Å². The number of hydrogen-bond acceptors (Lipinski definition) is 7. The van der Waals surface area contributed by atoms with E-state index < -0.39 is 16.4 Å². The summed E-state index contributed by atoms with van der Waals surface area (Å²) < 4.78 is 14.4. The van der Waals surface area contributed by atoms with Crippen LogP contribution in [0.2, 0.25) is 0 Å². The summed E-state index contributed by atoms with van der Waals surface area (Å²) in [7, 11) is 0. The van der Waals surface area contributed by atoms with E-state index in [1.807, 2.05) is 0 Å². The lowest BCUT2D eigenvalue weighted by Gasteiger charge is -2.72. The molecular weight excluding hydrogens is 767 g/mol. The van der Waals surface area contributed by atoms with Crippen molar-refractivity contribution >= 4 is 11.9 Å². The van der Waals surface area contributed by atoms with Gasteiger partial charge in [-0.3, -0.25) is 9.69 Å². The molecule has 9 aliphatic heterocycles. The van der Waals surface area contributed by atoms with Crippen LogP contribution in [-0.4, -0.2) is 60.0 Å². The first-order valence-corrected chi connectivity index (χ1v) is 25.3. The maximum Gasteiger partial charge on any atom is 0.339 e. The van der Waals surface area contributed by atoms with E-state index in [1.165, 1.54) is 55.5 Å². The van der Waals surface area contributed by atoms with Crippen LogP contribution >= 0.6 is 0 Å². The Balaban J connectivity index is 1.10. The number of carbonyl (C=O) groups is 2. The maximum atomic E-state index is 16.0. The topological polar surface area (TPSA) is 85.1 Å². The summed E-state index contributed by atoms with van der Waals surface area (Å²) in [5.41, 5.74) is 15.6. The molecule has 0 aromatic heterocycles. The molecule has 9 heterocycles. The van der Waals surface area contributed by atoms with Gasteiger partial charge in [0.05, 0.1) is 11.0 Å². The summed E-state index contributed by atoms with van der Waals surface area (Å²) in [6.07, 6.45) is 19.7. The molecule has 3 spiro atoms. The second kappa shape index (κ2) is 13.9. The molecule has 3 saturated heterocycles. The molecule has 16 rings (SSSR count). The molecule has 7 nitrogen and oxygen atoms in total. The lowest BCUT2D eigenvalue weighted by Crippen LogP contribution is -2.77. The SMILES string of the molecule is CCC[C@H]1CC=C2OC(=O)[C@@]34C5=C6CC[C@@]23[C@]2(OC(=O)c3c(CCCN)cccc32)[C@H]4CCCCc2cccc(c2)C[C@@H](C5)[C@@H]2[C@H]6C3=C(CC[C@H]4[C@@H]5C[C@@H](CN1C5)CN34)C[C@H]2C. The highest BCUT2D eigenvalue weighted by Crippen LogP contribution is 2.87. The quantitative estimate of drug-likeness (QED) is 0.237. The van der Waals surface area contributed by atoms with E-state index in [1.54, 1.807) is 16.8 Å². The van der Waals surface area contributed by atoms with Gasteiger partial charge in [0.2, 0.25) is 0 Å². The van der Waals surface area contributed by atoms with Gasteiger partial charge < -0.3 is 20.1 Å². The summed E-state index contributed by atoms with van der Waals surface area (Å²) in [6, 6.07) is 17.0. The van der Waals surface area contributed by atoms with E-state index in [0.717, 1.165) is 112 Å². The van der Waals surface area contributed by atoms with Crippen molar-refractivity contribution in [3.63, 3.8) is 0 Å². The number of esters is 2.